The standard InChI is InChI=1S/C35H29N3O2S/c39-35(40)27-17-10-18-31-33(27)37-34(38(31)25-13-6-2-7-14-25)24-19-20-29-28(21-24)32(41-26-15-8-3-9-16-26)22-30(36-29)23-11-4-1-5-12-23/h1,3-5,8-12,15-22,25H,2,6-7,13-14H2,(H,39,40). The van der Waals surface area contributed by atoms with Crippen molar-refractivity contribution in [2.75, 3.05) is 0 Å². The zero-order valence-electron chi connectivity index (χ0n) is 22.5. The highest BCUT2D eigenvalue weighted by molar-refractivity contribution is 7.99. The summed E-state index contributed by atoms with van der Waals surface area (Å²) >= 11 is 1.73. The minimum atomic E-state index is -0.951. The normalized spacial score (nSPS) is 14.0. The van der Waals surface area contributed by atoms with Gasteiger partial charge in [0.1, 0.15) is 11.3 Å². The minimum absolute atomic E-state index is 0.244. The van der Waals surface area contributed by atoms with E-state index in [-0.39, 0.29) is 5.56 Å². The summed E-state index contributed by atoms with van der Waals surface area (Å²) in [6.07, 6.45) is 5.72. The van der Waals surface area contributed by atoms with Crippen LogP contribution in [0.1, 0.15) is 48.5 Å². The van der Waals surface area contributed by atoms with Gasteiger partial charge < -0.3 is 9.67 Å². The number of rotatable bonds is 6. The number of aromatic carboxylic acids is 1. The molecule has 6 heteroatoms. The molecule has 2 aromatic heterocycles. The fourth-order valence-corrected chi connectivity index (χ4v) is 6.98. The molecule has 5 nitrogen and oxygen atoms in total. The Morgan fingerprint density at radius 1 is 0.780 bits per heavy atom. The van der Waals surface area contributed by atoms with Crippen molar-refractivity contribution >= 4 is 39.7 Å². The maximum absolute atomic E-state index is 12.1. The Morgan fingerprint density at radius 3 is 2.29 bits per heavy atom. The van der Waals surface area contributed by atoms with E-state index in [1.54, 1.807) is 17.8 Å². The van der Waals surface area contributed by atoms with Crippen molar-refractivity contribution in [3.63, 3.8) is 0 Å². The topological polar surface area (TPSA) is 68.0 Å². The molecular weight excluding hydrogens is 526 g/mol. The van der Waals surface area contributed by atoms with Crippen LogP contribution in [-0.4, -0.2) is 25.6 Å². The number of benzene rings is 4. The lowest BCUT2D eigenvalue weighted by molar-refractivity contribution is 0.0699. The van der Waals surface area contributed by atoms with E-state index < -0.39 is 5.97 Å². The highest BCUT2D eigenvalue weighted by Crippen LogP contribution is 2.40. The SMILES string of the molecule is O=C(O)c1cccc2c1nc(-c1ccc3nc(-c4ccccc4)cc(Sc4ccccc4)c3c1)n2C1CCCCC1. The average Bonchev–Trinajstić information content (AvgIpc) is 3.42. The van der Waals surface area contributed by atoms with Gasteiger partial charge in [-0.15, -0.1) is 0 Å². The molecule has 41 heavy (non-hydrogen) atoms. The van der Waals surface area contributed by atoms with Crippen LogP contribution in [0.4, 0.5) is 0 Å². The number of carboxylic acids is 1. The van der Waals surface area contributed by atoms with Crippen LogP contribution in [-0.2, 0) is 0 Å². The molecule has 202 valence electrons. The number of carboxylic acid groups (broad SMARTS) is 1. The van der Waals surface area contributed by atoms with Crippen molar-refractivity contribution in [3.05, 3.63) is 109 Å². The number of carbonyl (C=O) groups is 1. The van der Waals surface area contributed by atoms with Crippen LogP contribution in [0.15, 0.2) is 113 Å². The van der Waals surface area contributed by atoms with E-state index in [1.165, 1.54) is 19.3 Å². The second-order valence-electron chi connectivity index (χ2n) is 10.6. The molecule has 0 saturated heterocycles. The first-order valence-corrected chi connectivity index (χ1v) is 14.9. The van der Waals surface area contributed by atoms with Gasteiger partial charge in [-0.2, -0.15) is 0 Å². The number of nitrogens with zero attached hydrogens (tertiary/aromatic N) is 3. The largest absolute Gasteiger partial charge is 0.478 e. The summed E-state index contributed by atoms with van der Waals surface area (Å²) in [6.45, 7) is 0. The maximum atomic E-state index is 12.1. The van der Waals surface area contributed by atoms with Crippen molar-refractivity contribution in [1.29, 1.82) is 0 Å². The van der Waals surface area contributed by atoms with E-state index in [9.17, 15) is 9.90 Å². The van der Waals surface area contributed by atoms with Gasteiger partial charge in [-0.25, -0.2) is 14.8 Å². The van der Waals surface area contributed by atoms with Crippen molar-refractivity contribution in [2.45, 2.75) is 47.9 Å². The smallest absolute Gasteiger partial charge is 0.337 e. The Morgan fingerprint density at radius 2 is 1.54 bits per heavy atom. The monoisotopic (exact) mass is 555 g/mol. The van der Waals surface area contributed by atoms with Gasteiger partial charge in [0.25, 0.3) is 0 Å². The first-order valence-electron chi connectivity index (χ1n) is 14.1. The molecule has 0 bridgehead atoms. The number of fused-ring (bicyclic) bond motifs is 2. The first-order chi connectivity index (χ1) is 20.2. The molecule has 1 N–H and O–H groups in total. The molecule has 0 aliphatic heterocycles. The molecule has 1 saturated carbocycles. The van der Waals surface area contributed by atoms with Crippen molar-refractivity contribution in [1.82, 2.24) is 14.5 Å². The van der Waals surface area contributed by atoms with Crippen molar-refractivity contribution in [3.8, 4) is 22.6 Å². The molecule has 6 aromatic rings. The summed E-state index contributed by atoms with van der Waals surface area (Å²) in [7, 11) is 0. The number of aromatic nitrogens is 3. The lowest BCUT2D eigenvalue weighted by Gasteiger charge is -2.25. The van der Waals surface area contributed by atoms with Crippen LogP contribution in [0.3, 0.4) is 0 Å². The Balaban J connectivity index is 1.44. The Hall–Kier alpha value is -4.42. The van der Waals surface area contributed by atoms with E-state index in [0.717, 1.165) is 61.7 Å². The van der Waals surface area contributed by atoms with Crippen molar-refractivity contribution < 1.29 is 9.90 Å². The maximum Gasteiger partial charge on any atom is 0.337 e. The van der Waals surface area contributed by atoms with Gasteiger partial charge in [-0.3, -0.25) is 0 Å². The molecular formula is C35H29N3O2S. The van der Waals surface area contributed by atoms with Crippen LogP contribution < -0.4 is 0 Å². The first kappa shape index (κ1) is 25.5. The zero-order valence-corrected chi connectivity index (χ0v) is 23.3. The van der Waals surface area contributed by atoms with Crippen LogP contribution in [0.25, 0.3) is 44.6 Å². The molecule has 2 heterocycles. The van der Waals surface area contributed by atoms with Gasteiger partial charge >= 0.3 is 5.97 Å². The van der Waals surface area contributed by atoms with Gasteiger partial charge in [-0.1, -0.05) is 85.6 Å². The summed E-state index contributed by atoms with van der Waals surface area (Å²) in [5.41, 5.74) is 5.59. The lowest BCUT2D eigenvalue weighted by Crippen LogP contribution is -2.14. The molecule has 1 aliphatic rings. The van der Waals surface area contributed by atoms with Crippen LogP contribution in [0.2, 0.25) is 0 Å². The second kappa shape index (κ2) is 10.9. The molecule has 1 aliphatic carbocycles. The molecule has 1 fully saturated rings. The van der Waals surface area contributed by atoms with Gasteiger partial charge in [0.2, 0.25) is 0 Å². The van der Waals surface area contributed by atoms with E-state index in [2.05, 4.69) is 65.2 Å². The molecule has 0 unspecified atom stereocenters. The predicted octanol–water partition coefficient (Wildman–Crippen LogP) is 9.27. The van der Waals surface area contributed by atoms with E-state index in [1.807, 2.05) is 36.4 Å². The Labute approximate surface area is 242 Å². The quantitative estimate of drug-likeness (QED) is 0.222. The van der Waals surface area contributed by atoms with Gasteiger partial charge in [0.15, 0.2) is 0 Å². The van der Waals surface area contributed by atoms with E-state index in [0.29, 0.717) is 11.6 Å². The van der Waals surface area contributed by atoms with Gasteiger partial charge in [0.05, 0.1) is 22.3 Å². The summed E-state index contributed by atoms with van der Waals surface area (Å²) in [5, 5.41) is 11.0. The number of imidazole rings is 1. The second-order valence-corrected chi connectivity index (χ2v) is 11.7. The molecule has 0 spiro atoms. The lowest BCUT2D eigenvalue weighted by atomic mass is 9.94. The van der Waals surface area contributed by atoms with Gasteiger partial charge in [-0.05, 0) is 61.4 Å². The molecule has 0 atom stereocenters. The molecule has 0 radical (unpaired) electrons. The average molecular weight is 556 g/mol. The van der Waals surface area contributed by atoms with Gasteiger partial charge in [0, 0.05) is 32.3 Å². The summed E-state index contributed by atoms with van der Waals surface area (Å²) in [6, 6.07) is 35.0. The summed E-state index contributed by atoms with van der Waals surface area (Å²) in [5.74, 6) is -0.126. The molecule has 7 rings (SSSR count). The summed E-state index contributed by atoms with van der Waals surface area (Å²) in [4.78, 5) is 24.5. The third kappa shape index (κ3) is 4.89. The number of hydrogen-bond donors (Lipinski definition) is 1. The third-order valence-corrected chi connectivity index (χ3v) is 9.03. The third-order valence-electron chi connectivity index (χ3n) is 7.96. The van der Waals surface area contributed by atoms with E-state index >= 15 is 0 Å². The van der Waals surface area contributed by atoms with Crippen LogP contribution in [0, 0.1) is 0 Å². The Kier molecular flexibility index (Phi) is 6.77. The Bertz CT molecular complexity index is 1880. The fourth-order valence-electron chi connectivity index (χ4n) is 5.99. The number of para-hydroxylation sites is 1. The number of pyridine rings is 1. The highest BCUT2D eigenvalue weighted by Gasteiger charge is 2.25. The minimum Gasteiger partial charge on any atom is -0.478 e. The van der Waals surface area contributed by atoms with Crippen LogP contribution >= 0.6 is 11.8 Å². The predicted molar refractivity (Wildman–Crippen MR) is 166 cm³/mol. The highest BCUT2D eigenvalue weighted by atomic mass is 32.2. The molecule has 0 amide bonds. The summed E-state index contributed by atoms with van der Waals surface area (Å²) < 4.78 is 2.30. The zero-order chi connectivity index (χ0) is 27.8. The molecule has 4 aromatic carbocycles. The van der Waals surface area contributed by atoms with E-state index in [4.69, 9.17) is 9.97 Å². The fraction of sp³-hybridized carbons (Fsp3) is 0.171. The van der Waals surface area contributed by atoms with Crippen LogP contribution in [0.5, 0.6) is 0 Å². The van der Waals surface area contributed by atoms with Crippen molar-refractivity contribution in [2.24, 2.45) is 0 Å². The number of hydrogen-bond acceptors (Lipinski definition) is 4.